The SMILES string of the molecule is Cc1oc(CNCC(C)C)cc1CN(C)c1ccccc1. The minimum atomic E-state index is 0.657. The standard InChI is InChI=1S/C18H26N2O/c1-14(2)11-19-12-18-10-16(15(3)21-18)13-20(4)17-8-6-5-7-9-17/h5-10,14,19H,11-13H2,1-4H3. The first-order valence-corrected chi connectivity index (χ1v) is 7.61. The highest BCUT2D eigenvalue weighted by Gasteiger charge is 2.10. The molecule has 3 nitrogen and oxygen atoms in total. The van der Waals surface area contributed by atoms with E-state index >= 15 is 0 Å². The van der Waals surface area contributed by atoms with E-state index in [1.165, 1.54) is 11.3 Å². The van der Waals surface area contributed by atoms with Gasteiger partial charge in [-0.05, 0) is 37.6 Å². The number of hydrogen-bond donors (Lipinski definition) is 1. The van der Waals surface area contributed by atoms with Crippen LogP contribution < -0.4 is 10.2 Å². The van der Waals surface area contributed by atoms with E-state index in [0.29, 0.717) is 5.92 Å². The lowest BCUT2D eigenvalue weighted by Gasteiger charge is -2.18. The summed E-state index contributed by atoms with van der Waals surface area (Å²) >= 11 is 0. The second-order valence-corrected chi connectivity index (χ2v) is 6.01. The molecule has 2 rings (SSSR count). The van der Waals surface area contributed by atoms with Crippen LogP contribution in [-0.2, 0) is 13.1 Å². The Balaban J connectivity index is 1.96. The fraction of sp³-hybridized carbons (Fsp3) is 0.444. The topological polar surface area (TPSA) is 28.4 Å². The van der Waals surface area contributed by atoms with Gasteiger partial charge in [0.1, 0.15) is 11.5 Å². The Morgan fingerprint density at radius 2 is 1.90 bits per heavy atom. The molecule has 1 aromatic carbocycles. The molecule has 0 bridgehead atoms. The van der Waals surface area contributed by atoms with E-state index in [2.05, 4.69) is 61.4 Å². The number of furan rings is 1. The van der Waals surface area contributed by atoms with E-state index in [1.54, 1.807) is 0 Å². The van der Waals surface area contributed by atoms with Gasteiger partial charge in [-0.1, -0.05) is 32.0 Å². The molecule has 2 aromatic rings. The number of nitrogens with zero attached hydrogens (tertiary/aromatic N) is 1. The molecular weight excluding hydrogens is 260 g/mol. The van der Waals surface area contributed by atoms with Gasteiger partial charge in [-0.25, -0.2) is 0 Å². The van der Waals surface area contributed by atoms with Crippen LogP contribution in [0.25, 0.3) is 0 Å². The molecule has 0 saturated heterocycles. The van der Waals surface area contributed by atoms with Crippen molar-refractivity contribution in [3.63, 3.8) is 0 Å². The lowest BCUT2D eigenvalue weighted by molar-refractivity contribution is 0.447. The van der Waals surface area contributed by atoms with Gasteiger partial charge >= 0.3 is 0 Å². The summed E-state index contributed by atoms with van der Waals surface area (Å²) in [5, 5.41) is 3.42. The van der Waals surface area contributed by atoms with Gasteiger partial charge < -0.3 is 14.6 Å². The van der Waals surface area contributed by atoms with E-state index in [9.17, 15) is 0 Å². The number of rotatable bonds is 7. The van der Waals surface area contributed by atoms with Crippen molar-refractivity contribution in [2.45, 2.75) is 33.9 Å². The molecule has 0 atom stereocenters. The first kappa shape index (κ1) is 15.6. The molecule has 3 heteroatoms. The summed E-state index contributed by atoms with van der Waals surface area (Å²) in [6, 6.07) is 12.6. The van der Waals surface area contributed by atoms with Crippen molar-refractivity contribution >= 4 is 5.69 Å². The van der Waals surface area contributed by atoms with Crippen LogP contribution in [0.1, 0.15) is 30.9 Å². The van der Waals surface area contributed by atoms with Crippen molar-refractivity contribution in [1.29, 1.82) is 0 Å². The monoisotopic (exact) mass is 286 g/mol. The van der Waals surface area contributed by atoms with Crippen LogP contribution in [0.2, 0.25) is 0 Å². The van der Waals surface area contributed by atoms with Gasteiger partial charge in [0.25, 0.3) is 0 Å². The van der Waals surface area contributed by atoms with Gasteiger partial charge in [-0.2, -0.15) is 0 Å². The van der Waals surface area contributed by atoms with Crippen molar-refractivity contribution in [3.05, 3.63) is 53.5 Å². The van der Waals surface area contributed by atoms with Crippen LogP contribution >= 0.6 is 0 Å². The van der Waals surface area contributed by atoms with Gasteiger partial charge in [-0.3, -0.25) is 0 Å². The number of nitrogens with one attached hydrogen (secondary N) is 1. The van der Waals surface area contributed by atoms with Gasteiger partial charge in [0.15, 0.2) is 0 Å². The molecule has 0 radical (unpaired) electrons. The molecule has 1 heterocycles. The number of benzene rings is 1. The van der Waals surface area contributed by atoms with E-state index in [-0.39, 0.29) is 0 Å². The number of aryl methyl sites for hydroxylation is 1. The lowest BCUT2D eigenvalue weighted by Crippen LogP contribution is -2.18. The number of para-hydroxylation sites is 1. The zero-order valence-corrected chi connectivity index (χ0v) is 13.5. The quantitative estimate of drug-likeness (QED) is 0.835. The summed E-state index contributed by atoms with van der Waals surface area (Å²) in [7, 11) is 2.11. The number of hydrogen-bond acceptors (Lipinski definition) is 3. The summed E-state index contributed by atoms with van der Waals surface area (Å²) < 4.78 is 5.84. The predicted molar refractivity (Wildman–Crippen MR) is 88.5 cm³/mol. The zero-order valence-electron chi connectivity index (χ0n) is 13.5. The molecule has 0 amide bonds. The number of anilines is 1. The summed E-state index contributed by atoms with van der Waals surface area (Å²) in [4.78, 5) is 2.24. The second kappa shape index (κ2) is 7.32. The molecule has 114 valence electrons. The highest BCUT2D eigenvalue weighted by molar-refractivity contribution is 5.46. The molecule has 0 saturated carbocycles. The van der Waals surface area contributed by atoms with Crippen molar-refractivity contribution in [3.8, 4) is 0 Å². The van der Waals surface area contributed by atoms with Crippen LogP contribution in [0.4, 0.5) is 5.69 Å². The Morgan fingerprint density at radius 1 is 1.19 bits per heavy atom. The molecule has 1 N–H and O–H groups in total. The summed E-state index contributed by atoms with van der Waals surface area (Å²) in [5.74, 6) is 2.69. The first-order chi connectivity index (χ1) is 10.1. The Bertz CT molecular complexity index is 546. The van der Waals surface area contributed by atoms with Gasteiger partial charge in [0.05, 0.1) is 6.54 Å². The summed E-state index contributed by atoms with van der Waals surface area (Å²) in [5.41, 5.74) is 2.47. The highest BCUT2D eigenvalue weighted by Crippen LogP contribution is 2.20. The van der Waals surface area contributed by atoms with Gasteiger partial charge in [0.2, 0.25) is 0 Å². The smallest absolute Gasteiger partial charge is 0.118 e. The zero-order chi connectivity index (χ0) is 15.2. The van der Waals surface area contributed by atoms with Crippen molar-refractivity contribution in [2.75, 3.05) is 18.5 Å². The molecule has 0 spiro atoms. The van der Waals surface area contributed by atoms with E-state index in [0.717, 1.165) is 31.2 Å². The fourth-order valence-electron chi connectivity index (χ4n) is 2.35. The van der Waals surface area contributed by atoms with Crippen LogP contribution in [0.3, 0.4) is 0 Å². The Hall–Kier alpha value is -1.74. The van der Waals surface area contributed by atoms with Crippen LogP contribution in [0.5, 0.6) is 0 Å². The van der Waals surface area contributed by atoms with Crippen molar-refractivity contribution < 1.29 is 4.42 Å². The highest BCUT2D eigenvalue weighted by atomic mass is 16.3. The molecule has 0 aliphatic rings. The lowest BCUT2D eigenvalue weighted by atomic mass is 10.2. The minimum absolute atomic E-state index is 0.657. The van der Waals surface area contributed by atoms with E-state index in [1.807, 2.05) is 13.0 Å². The van der Waals surface area contributed by atoms with Crippen molar-refractivity contribution in [1.82, 2.24) is 5.32 Å². The molecule has 0 unspecified atom stereocenters. The Kier molecular flexibility index (Phi) is 5.45. The average Bonchev–Trinajstić information content (AvgIpc) is 2.79. The van der Waals surface area contributed by atoms with Gasteiger partial charge in [0, 0.05) is 24.8 Å². The molecule has 0 aliphatic heterocycles. The maximum Gasteiger partial charge on any atom is 0.118 e. The molecule has 0 aliphatic carbocycles. The normalized spacial score (nSPS) is 11.1. The third-order valence-electron chi connectivity index (χ3n) is 3.53. The maximum absolute atomic E-state index is 5.84. The largest absolute Gasteiger partial charge is 0.465 e. The van der Waals surface area contributed by atoms with Crippen molar-refractivity contribution in [2.24, 2.45) is 5.92 Å². The Morgan fingerprint density at radius 3 is 2.57 bits per heavy atom. The Labute approximate surface area is 128 Å². The molecule has 0 fully saturated rings. The maximum atomic E-state index is 5.84. The summed E-state index contributed by atoms with van der Waals surface area (Å²) in [6.07, 6.45) is 0. The fourth-order valence-corrected chi connectivity index (χ4v) is 2.35. The second-order valence-electron chi connectivity index (χ2n) is 6.01. The minimum Gasteiger partial charge on any atom is -0.465 e. The average molecular weight is 286 g/mol. The van der Waals surface area contributed by atoms with Crippen LogP contribution in [0, 0.1) is 12.8 Å². The molecule has 21 heavy (non-hydrogen) atoms. The van der Waals surface area contributed by atoms with Crippen LogP contribution in [0.15, 0.2) is 40.8 Å². The molecule has 1 aromatic heterocycles. The van der Waals surface area contributed by atoms with Gasteiger partial charge in [-0.15, -0.1) is 0 Å². The summed E-state index contributed by atoms with van der Waals surface area (Å²) in [6.45, 7) is 9.14. The third kappa shape index (κ3) is 4.64. The third-order valence-corrected chi connectivity index (χ3v) is 3.53. The van der Waals surface area contributed by atoms with E-state index < -0.39 is 0 Å². The molecular formula is C18H26N2O. The van der Waals surface area contributed by atoms with E-state index in [4.69, 9.17) is 4.42 Å². The van der Waals surface area contributed by atoms with Crippen LogP contribution in [-0.4, -0.2) is 13.6 Å². The first-order valence-electron chi connectivity index (χ1n) is 7.61. The predicted octanol–water partition coefficient (Wildman–Crippen LogP) is 3.97.